The molecule has 1 N–H and O–H groups in total. The summed E-state index contributed by atoms with van der Waals surface area (Å²) in [5.74, 6) is 1.48. The van der Waals surface area contributed by atoms with Gasteiger partial charge in [0.05, 0.1) is 6.04 Å². The zero-order valence-corrected chi connectivity index (χ0v) is 17.0. The molecular formula is C26H25FN2O. The molecule has 0 saturated carbocycles. The van der Waals surface area contributed by atoms with Gasteiger partial charge in [-0.2, -0.15) is 0 Å². The van der Waals surface area contributed by atoms with Crippen molar-refractivity contribution in [2.45, 2.75) is 37.6 Å². The van der Waals surface area contributed by atoms with Crippen LogP contribution in [0.3, 0.4) is 0 Å². The van der Waals surface area contributed by atoms with E-state index in [9.17, 15) is 9.18 Å². The van der Waals surface area contributed by atoms with Crippen LogP contribution in [0, 0.1) is 17.7 Å². The van der Waals surface area contributed by atoms with Gasteiger partial charge in [-0.25, -0.2) is 4.39 Å². The van der Waals surface area contributed by atoms with Crippen LogP contribution in [-0.4, -0.2) is 12.5 Å². The Bertz CT molecular complexity index is 1070. The number of nitrogens with one attached hydrogen (secondary N) is 1. The van der Waals surface area contributed by atoms with Gasteiger partial charge in [0.15, 0.2) is 0 Å². The van der Waals surface area contributed by atoms with Gasteiger partial charge in [-0.1, -0.05) is 36.4 Å². The molecule has 4 aliphatic rings. The van der Waals surface area contributed by atoms with Crippen LogP contribution in [0.15, 0.2) is 60.7 Å². The highest BCUT2D eigenvalue weighted by Gasteiger charge is 2.47. The van der Waals surface area contributed by atoms with Gasteiger partial charge >= 0.3 is 0 Å². The second-order valence-electron chi connectivity index (χ2n) is 9.14. The average molecular weight is 400 g/mol. The zero-order chi connectivity index (χ0) is 20.4. The predicted octanol–water partition coefficient (Wildman–Crippen LogP) is 5.68. The Kier molecular flexibility index (Phi) is 3.92. The molecule has 0 spiro atoms. The number of amides is 1. The van der Waals surface area contributed by atoms with E-state index in [1.165, 1.54) is 22.4 Å². The largest absolute Gasteiger partial charge is 0.363 e. The third kappa shape index (κ3) is 2.59. The fraction of sp³-hybridized carbons (Fsp3) is 0.346. The summed E-state index contributed by atoms with van der Waals surface area (Å²) in [5, 5.41) is 3.03. The van der Waals surface area contributed by atoms with Crippen molar-refractivity contribution < 1.29 is 9.18 Å². The van der Waals surface area contributed by atoms with Crippen LogP contribution in [0.25, 0.3) is 0 Å². The number of halogens is 1. The number of hydrogen-bond acceptors (Lipinski definition) is 2. The van der Waals surface area contributed by atoms with Crippen LogP contribution >= 0.6 is 0 Å². The van der Waals surface area contributed by atoms with Crippen molar-refractivity contribution in [1.29, 1.82) is 0 Å². The first-order chi connectivity index (χ1) is 14.6. The summed E-state index contributed by atoms with van der Waals surface area (Å²) in [7, 11) is 0. The van der Waals surface area contributed by atoms with Crippen molar-refractivity contribution in [3.8, 4) is 0 Å². The number of carbonyl (C=O) groups is 1. The molecule has 2 heterocycles. The summed E-state index contributed by atoms with van der Waals surface area (Å²) >= 11 is 0. The minimum absolute atomic E-state index is 0.0353. The Balaban J connectivity index is 1.56. The van der Waals surface area contributed by atoms with Crippen molar-refractivity contribution in [1.82, 2.24) is 0 Å². The monoisotopic (exact) mass is 400 g/mol. The number of benzene rings is 2. The molecule has 0 bridgehead atoms. The Morgan fingerprint density at radius 1 is 1.03 bits per heavy atom. The molecule has 5 atom stereocenters. The molecule has 2 aromatic carbocycles. The number of nitrogens with zero attached hydrogens (tertiary/aromatic N) is 1. The molecule has 2 aliphatic heterocycles. The molecule has 0 saturated heterocycles. The second-order valence-corrected chi connectivity index (χ2v) is 9.14. The van der Waals surface area contributed by atoms with Gasteiger partial charge in [-0.05, 0) is 65.6 Å². The minimum atomic E-state index is -0.185. The molecule has 1 amide bonds. The summed E-state index contributed by atoms with van der Waals surface area (Å²) in [6, 6.07) is 11.7. The van der Waals surface area contributed by atoms with E-state index in [4.69, 9.17) is 0 Å². The SMILES string of the molecule is CC(=O)Nc1cc2c3c(c1)[C@H]1C=CC[C@H]1[C@H](c1ccc(F)cc1)N3C[C@H]1CC=C[C@H]21. The lowest BCUT2D eigenvalue weighted by molar-refractivity contribution is -0.114. The molecule has 0 radical (unpaired) electrons. The minimum Gasteiger partial charge on any atom is -0.363 e. The molecule has 30 heavy (non-hydrogen) atoms. The first kappa shape index (κ1) is 17.9. The highest BCUT2D eigenvalue weighted by molar-refractivity contribution is 5.90. The Morgan fingerprint density at radius 3 is 2.50 bits per heavy atom. The Hall–Kier alpha value is -2.88. The van der Waals surface area contributed by atoms with Crippen molar-refractivity contribution in [2.75, 3.05) is 16.8 Å². The van der Waals surface area contributed by atoms with E-state index >= 15 is 0 Å². The number of anilines is 2. The Labute approximate surface area is 176 Å². The van der Waals surface area contributed by atoms with Crippen LogP contribution in [0.4, 0.5) is 15.8 Å². The van der Waals surface area contributed by atoms with Crippen LogP contribution in [0.2, 0.25) is 0 Å². The molecule has 0 aromatic heterocycles. The van der Waals surface area contributed by atoms with Gasteiger partial charge in [0.25, 0.3) is 0 Å². The zero-order valence-electron chi connectivity index (χ0n) is 17.0. The fourth-order valence-electron chi connectivity index (χ4n) is 6.29. The van der Waals surface area contributed by atoms with E-state index in [1.807, 2.05) is 12.1 Å². The van der Waals surface area contributed by atoms with Gasteiger partial charge in [0.2, 0.25) is 5.91 Å². The number of rotatable bonds is 2. The fourth-order valence-corrected chi connectivity index (χ4v) is 6.29. The van der Waals surface area contributed by atoms with Crippen molar-refractivity contribution in [3.05, 3.63) is 83.2 Å². The first-order valence-corrected chi connectivity index (χ1v) is 10.9. The highest BCUT2D eigenvalue weighted by atomic mass is 19.1. The summed E-state index contributed by atoms with van der Waals surface area (Å²) in [4.78, 5) is 14.4. The molecule has 2 aromatic rings. The Morgan fingerprint density at radius 2 is 1.73 bits per heavy atom. The third-order valence-electron chi connectivity index (χ3n) is 7.38. The third-order valence-corrected chi connectivity index (χ3v) is 7.38. The van der Waals surface area contributed by atoms with E-state index in [2.05, 4.69) is 46.7 Å². The van der Waals surface area contributed by atoms with Crippen LogP contribution < -0.4 is 10.2 Å². The van der Waals surface area contributed by atoms with Crippen molar-refractivity contribution in [3.63, 3.8) is 0 Å². The van der Waals surface area contributed by atoms with Crippen molar-refractivity contribution >= 4 is 17.3 Å². The standard InChI is InChI=1S/C26H25FN2O/c1-15(30)28-19-12-23-20-5-2-4-17(20)14-29-25(16-8-10-18(27)11-9-16)22-7-3-6-21(22)24(13-19)26(23)29/h2-3,5-6,8-13,17,20-22,25H,4,7,14H2,1H3,(H,28,30)/t17-,20+,21+,22-,25+/m1/s1. The maximum atomic E-state index is 13.7. The number of carbonyl (C=O) groups excluding carboxylic acids is 1. The van der Waals surface area contributed by atoms with E-state index in [-0.39, 0.29) is 17.8 Å². The molecule has 152 valence electrons. The molecule has 0 fully saturated rings. The normalized spacial score (nSPS) is 30.1. The predicted molar refractivity (Wildman–Crippen MR) is 117 cm³/mol. The number of allylic oxidation sites excluding steroid dienone is 4. The summed E-state index contributed by atoms with van der Waals surface area (Å²) in [6.45, 7) is 2.58. The van der Waals surface area contributed by atoms with Crippen LogP contribution in [0.5, 0.6) is 0 Å². The highest BCUT2D eigenvalue weighted by Crippen LogP contribution is 2.59. The summed E-state index contributed by atoms with van der Waals surface area (Å²) < 4.78 is 13.7. The topological polar surface area (TPSA) is 32.3 Å². The molecular weight excluding hydrogens is 375 g/mol. The van der Waals surface area contributed by atoms with Gasteiger partial charge in [0, 0.05) is 36.7 Å². The number of hydrogen-bond donors (Lipinski definition) is 1. The quantitative estimate of drug-likeness (QED) is 0.658. The van der Waals surface area contributed by atoms with Gasteiger partial charge in [-0.3, -0.25) is 4.79 Å². The lowest BCUT2D eigenvalue weighted by Crippen LogP contribution is -2.46. The van der Waals surface area contributed by atoms with Crippen molar-refractivity contribution in [2.24, 2.45) is 11.8 Å². The first-order valence-electron chi connectivity index (χ1n) is 10.9. The van der Waals surface area contributed by atoms with E-state index in [0.717, 1.165) is 25.1 Å². The molecule has 0 unspecified atom stereocenters. The lowest BCUT2D eigenvalue weighted by Gasteiger charge is -2.51. The van der Waals surface area contributed by atoms with E-state index in [1.54, 1.807) is 19.1 Å². The smallest absolute Gasteiger partial charge is 0.221 e. The average Bonchev–Trinajstić information content (AvgIpc) is 3.38. The van der Waals surface area contributed by atoms with Gasteiger partial charge < -0.3 is 10.2 Å². The number of fused-ring (bicyclic) bond motifs is 4. The lowest BCUT2D eigenvalue weighted by atomic mass is 9.70. The van der Waals surface area contributed by atoms with Gasteiger partial charge in [0.1, 0.15) is 5.82 Å². The summed E-state index contributed by atoms with van der Waals surface area (Å²) in [6.07, 6.45) is 11.4. The van der Waals surface area contributed by atoms with Gasteiger partial charge in [-0.15, -0.1) is 0 Å². The van der Waals surface area contributed by atoms with Crippen LogP contribution in [-0.2, 0) is 4.79 Å². The van der Waals surface area contributed by atoms with Crippen LogP contribution in [0.1, 0.15) is 54.3 Å². The molecule has 4 heteroatoms. The molecule has 2 aliphatic carbocycles. The maximum absolute atomic E-state index is 13.7. The summed E-state index contributed by atoms with van der Waals surface area (Å²) in [5.41, 5.74) is 6.08. The molecule has 3 nitrogen and oxygen atoms in total. The molecule has 6 rings (SSSR count). The second kappa shape index (κ2) is 6.56. The van der Waals surface area contributed by atoms with E-state index < -0.39 is 0 Å². The maximum Gasteiger partial charge on any atom is 0.221 e. The van der Waals surface area contributed by atoms with E-state index in [0.29, 0.717) is 23.7 Å².